The fraction of sp³-hybridized carbons (Fsp3) is 0.267. The predicted molar refractivity (Wildman–Crippen MR) is 78.3 cm³/mol. The van der Waals surface area contributed by atoms with Crippen LogP contribution in [-0.2, 0) is 7.05 Å². The number of benzene rings is 1. The van der Waals surface area contributed by atoms with E-state index < -0.39 is 0 Å². The van der Waals surface area contributed by atoms with Crippen molar-refractivity contribution in [3.05, 3.63) is 54.1 Å². The monoisotopic (exact) mass is 267 g/mol. The van der Waals surface area contributed by atoms with Crippen LogP contribution in [0.15, 0.2) is 42.9 Å². The van der Waals surface area contributed by atoms with Crippen molar-refractivity contribution in [2.45, 2.75) is 13.0 Å². The maximum atomic E-state index is 4.72. The fourth-order valence-corrected chi connectivity index (χ4v) is 2.30. The Morgan fingerprint density at radius 3 is 2.70 bits per heavy atom. The number of nitrogens with one attached hydrogen (secondary N) is 1. The number of para-hydroxylation sites is 2. The van der Waals surface area contributed by atoms with Gasteiger partial charge in [0.05, 0.1) is 35.2 Å². The van der Waals surface area contributed by atoms with Crippen molar-refractivity contribution >= 4 is 11.0 Å². The first-order chi connectivity index (χ1) is 9.78. The van der Waals surface area contributed by atoms with E-state index in [2.05, 4.69) is 22.3 Å². The van der Waals surface area contributed by atoms with E-state index >= 15 is 0 Å². The van der Waals surface area contributed by atoms with Gasteiger partial charge in [0.1, 0.15) is 0 Å². The third-order valence-corrected chi connectivity index (χ3v) is 3.23. The molecule has 1 atom stereocenters. The molecule has 0 radical (unpaired) electrons. The highest BCUT2D eigenvalue weighted by molar-refractivity contribution is 5.73. The molecule has 1 aromatic carbocycles. The molecule has 0 aliphatic rings. The predicted octanol–water partition coefficient (Wildman–Crippen LogP) is 2.06. The standard InChI is InChI=1S/C15H17N5/c1-3-16-15(11-8-18-20(2)10-11)14-9-17-12-6-4-5-7-13(12)19-14/h4-10,15-16H,3H2,1-2H3. The number of hydrogen-bond donors (Lipinski definition) is 1. The highest BCUT2D eigenvalue weighted by Gasteiger charge is 2.16. The van der Waals surface area contributed by atoms with Crippen LogP contribution in [0.2, 0.25) is 0 Å². The van der Waals surface area contributed by atoms with E-state index in [0.29, 0.717) is 0 Å². The molecule has 1 unspecified atom stereocenters. The van der Waals surface area contributed by atoms with Crippen LogP contribution in [0.5, 0.6) is 0 Å². The lowest BCUT2D eigenvalue weighted by Gasteiger charge is -2.15. The lowest BCUT2D eigenvalue weighted by Crippen LogP contribution is -2.22. The van der Waals surface area contributed by atoms with E-state index in [-0.39, 0.29) is 6.04 Å². The summed E-state index contributed by atoms with van der Waals surface area (Å²) in [6, 6.07) is 7.93. The van der Waals surface area contributed by atoms with Gasteiger partial charge in [0.2, 0.25) is 0 Å². The van der Waals surface area contributed by atoms with Crippen LogP contribution in [0.3, 0.4) is 0 Å². The molecule has 0 spiro atoms. The van der Waals surface area contributed by atoms with Gasteiger partial charge in [-0.25, -0.2) is 4.98 Å². The van der Waals surface area contributed by atoms with Crippen molar-refractivity contribution in [1.82, 2.24) is 25.1 Å². The van der Waals surface area contributed by atoms with Crippen molar-refractivity contribution in [2.24, 2.45) is 7.05 Å². The van der Waals surface area contributed by atoms with E-state index in [1.54, 1.807) is 4.68 Å². The van der Waals surface area contributed by atoms with Crippen LogP contribution in [0.25, 0.3) is 11.0 Å². The molecule has 3 rings (SSSR count). The van der Waals surface area contributed by atoms with Crippen molar-refractivity contribution in [2.75, 3.05) is 6.54 Å². The van der Waals surface area contributed by atoms with Crippen molar-refractivity contribution < 1.29 is 0 Å². The van der Waals surface area contributed by atoms with E-state index in [4.69, 9.17) is 4.98 Å². The second-order valence-corrected chi connectivity index (χ2v) is 4.72. The van der Waals surface area contributed by atoms with Crippen molar-refractivity contribution in [3.63, 3.8) is 0 Å². The first-order valence-corrected chi connectivity index (χ1v) is 6.71. The van der Waals surface area contributed by atoms with E-state index in [1.807, 2.05) is 49.9 Å². The largest absolute Gasteiger partial charge is 0.305 e. The van der Waals surface area contributed by atoms with Crippen LogP contribution < -0.4 is 5.32 Å². The van der Waals surface area contributed by atoms with Gasteiger partial charge in [-0.3, -0.25) is 9.67 Å². The lowest BCUT2D eigenvalue weighted by molar-refractivity contribution is 0.614. The third kappa shape index (κ3) is 2.40. The lowest BCUT2D eigenvalue weighted by atomic mass is 10.1. The second kappa shape index (κ2) is 5.38. The van der Waals surface area contributed by atoms with Crippen LogP contribution in [0.1, 0.15) is 24.2 Å². The van der Waals surface area contributed by atoms with Gasteiger partial charge >= 0.3 is 0 Å². The van der Waals surface area contributed by atoms with Crippen LogP contribution in [-0.4, -0.2) is 26.3 Å². The maximum absolute atomic E-state index is 4.72. The number of fused-ring (bicyclic) bond motifs is 1. The SMILES string of the molecule is CCNC(c1cnn(C)c1)c1cnc2ccccc2n1. The summed E-state index contributed by atoms with van der Waals surface area (Å²) in [5.41, 5.74) is 3.84. The van der Waals surface area contributed by atoms with Crippen LogP contribution in [0.4, 0.5) is 0 Å². The molecule has 20 heavy (non-hydrogen) atoms. The van der Waals surface area contributed by atoms with Gasteiger partial charge in [0.15, 0.2) is 0 Å². The molecule has 0 amide bonds. The Bertz CT molecular complexity index is 719. The average Bonchev–Trinajstić information content (AvgIpc) is 2.90. The molecule has 0 saturated heterocycles. The summed E-state index contributed by atoms with van der Waals surface area (Å²) >= 11 is 0. The minimum atomic E-state index is 0.0193. The molecule has 0 bridgehead atoms. The van der Waals surface area contributed by atoms with Gasteiger partial charge in [-0.05, 0) is 18.7 Å². The van der Waals surface area contributed by atoms with Gasteiger partial charge in [-0.15, -0.1) is 0 Å². The third-order valence-electron chi connectivity index (χ3n) is 3.23. The van der Waals surface area contributed by atoms with E-state index in [1.165, 1.54) is 0 Å². The zero-order chi connectivity index (χ0) is 13.9. The highest BCUT2D eigenvalue weighted by atomic mass is 15.2. The Hall–Kier alpha value is -2.27. The second-order valence-electron chi connectivity index (χ2n) is 4.72. The zero-order valence-corrected chi connectivity index (χ0v) is 11.6. The Labute approximate surface area is 117 Å². The number of nitrogens with zero attached hydrogens (tertiary/aromatic N) is 4. The molecule has 2 aromatic heterocycles. The normalized spacial score (nSPS) is 12.7. The summed E-state index contributed by atoms with van der Waals surface area (Å²) in [4.78, 5) is 9.20. The van der Waals surface area contributed by atoms with E-state index in [9.17, 15) is 0 Å². The summed E-state index contributed by atoms with van der Waals surface area (Å²) in [6.07, 6.45) is 5.71. The molecule has 5 heteroatoms. The topological polar surface area (TPSA) is 55.6 Å². The molecule has 0 fully saturated rings. The number of rotatable bonds is 4. The number of hydrogen-bond acceptors (Lipinski definition) is 4. The van der Waals surface area contributed by atoms with E-state index in [0.717, 1.165) is 28.8 Å². The Morgan fingerprint density at radius 1 is 1.20 bits per heavy atom. The van der Waals surface area contributed by atoms with Crippen LogP contribution in [0, 0.1) is 0 Å². The quantitative estimate of drug-likeness (QED) is 0.786. The fourth-order valence-electron chi connectivity index (χ4n) is 2.30. The first kappa shape index (κ1) is 12.7. The molecule has 1 N–H and O–H groups in total. The Morgan fingerprint density at radius 2 is 2.00 bits per heavy atom. The summed E-state index contributed by atoms with van der Waals surface area (Å²) in [5, 5.41) is 7.67. The smallest absolute Gasteiger partial charge is 0.0890 e. The molecule has 102 valence electrons. The van der Waals surface area contributed by atoms with Gasteiger partial charge in [-0.1, -0.05) is 19.1 Å². The Kier molecular flexibility index (Phi) is 3.43. The summed E-state index contributed by atoms with van der Waals surface area (Å²) in [6.45, 7) is 2.94. The van der Waals surface area contributed by atoms with Gasteiger partial charge in [0, 0.05) is 18.8 Å². The molecule has 2 heterocycles. The summed E-state index contributed by atoms with van der Waals surface area (Å²) in [7, 11) is 1.92. The Balaban J connectivity index is 2.04. The highest BCUT2D eigenvalue weighted by Crippen LogP contribution is 2.21. The van der Waals surface area contributed by atoms with Gasteiger partial charge in [0.25, 0.3) is 0 Å². The molecule has 0 aliphatic carbocycles. The van der Waals surface area contributed by atoms with Gasteiger partial charge < -0.3 is 5.32 Å². The minimum Gasteiger partial charge on any atom is -0.305 e. The van der Waals surface area contributed by atoms with Crippen LogP contribution >= 0.6 is 0 Å². The van der Waals surface area contributed by atoms with Gasteiger partial charge in [-0.2, -0.15) is 5.10 Å². The average molecular weight is 267 g/mol. The van der Waals surface area contributed by atoms with Crippen molar-refractivity contribution in [1.29, 1.82) is 0 Å². The molecule has 3 aromatic rings. The minimum absolute atomic E-state index is 0.0193. The number of aryl methyl sites for hydroxylation is 1. The molecule has 0 saturated carbocycles. The maximum Gasteiger partial charge on any atom is 0.0890 e. The molecular formula is C15H17N5. The number of aromatic nitrogens is 4. The molecule has 0 aliphatic heterocycles. The summed E-state index contributed by atoms with van der Waals surface area (Å²) < 4.78 is 1.80. The zero-order valence-electron chi connectivity index (χ0n) is 11.6. The molecular weight excluding hydrogens is 250 g/mol. The van der Waals surface area contributed by atoms with Crippen molar-refractivity contribution in [3.8, 4) is 0 Å². The summed E-state index contributed by atoms with van der Waals surface area (Å²) in [5.74, 6) is 0. The molecule has 5 nitrogen and oxygen atoms in total. The first-order valence-electron chi connectivity index (χ1n) is 6.71.